The monoisotopic (exact) mass is 422 g/mol. The molecular weight excluding hydrogens is 392 g/mol. The molecule has 0 atom stereocenters. The van der Waals surface area contributed by atoms with Gasteiger partial charge in [-0.3, -0.25) is 9.59 Å². The number of hydrogen-bond donors (Lipinski definition) is 0. The molecule has 0 spiro atoms. The lowest BCUT2D eigenvalue weighted by Crippen LogP contribution is -2.29. The number of carbonyl (C=O) groups is 1. The van der Waals surface area contributed by atoms with Crippen molar-refractivity contribution in [2.75, 3.05) is 13.7 Å². The second-order valence-corrected chi connectivity index (χ2v) is 8.04. The highest BCUT2D eigenvalue weighted by atomic mass is 16.5. The zero-order chi connectivity index (χ0) is 22.2. The van der Waals surface area contributed by atoms with Crippen LogP contribution < -0.4 is 10.3 Å². The van der Waals surface area contributed by atoms with Crippen LogP contribution in [0.1, 0.15) is 69.0 Å². The van der Waals surface area contributed by atoms with Gasteiger partial charge in [0.25, 0.3) is 5.56 Å². The second kappa shape index (κ2) is 10.8. The molecule has 3 rings (SSSR count). The van der Waals surface area contributed by atoms with E-state index in [0.717, 1.165) is 42.7 Å². The van der Waals surface area contributed by atoms with Gasteiger partial charge in [-0.2, -0.15) is 5.26 Å². The van der Waals surface area contributed by atoms with E-state index in [0.29, 0.717) is 37.5 Å². The molecule has 6 nitrogen and oxygen atoms in total. The number of unbranched alkanes of at least 4 members (excludes halogenated alkanes) is 1. The molecule has 1 aliphatic rings. The van der Waals surface area contributed by atoms with E-state index in [-0.39, 0.29) is 17.1 Å². The van der Waals surface area contributed by atoms with Crippen LogP contribution in [0.5, 0.6) is 5.75 Å². The summed E-state index contributed by atoms with van der Waals surface area (Å²) in [6, 6.07) is 11.7. The first-order valence-electron chi connectivity index (χ1n) is 11.0. The molecule has 0 N–H and O–H groups in total. The van der Waals surface area contributed by atoms with E-state index < -0.39 is 0 Å². The van der Waals surface area contributed by atoms with Crippen LogP contribution in [0.4, 0.5) is 0 Å². The first-order valence-corrected chi connectivity index (χ1v) is 11.0. The summed E-state index contributed by atoms with van der Waals surface area (Å²) in [5.74, 6) is 0.756. The molecule has 1 aliphatic carbocycles. The Morgan fingerprint density at radius 1 is 1.16 bits per heavy atom. The zero-order valence-corrected chi connectivity index (χ0v) is 18.4. The van der Waals surface area contributed by atoms with Crippen molar-refractivity contribution in [1.82, 2.24) is 4.57 Å². The van der Waals surface area contributed by atoms with Crippen molar-refractivity contribution in [3.05, 3.63) is 51.9 Å². The van der Waals surface area contributed by atoms with Gasteiger partial charge in [0.15, 0.2) is 0 Å². The number of nitriles is 1. The molecule has 1 heterocycles. The van der Waals surface area contributed by atoms with Gasteiger partial charge < -0.3 is 14.0 Å². The Kier molecular flexibility index (Phi) is 7.88. The Labute approximate surface area is 183 Å². The predicted molar refractivity (Wildman–Crippen MR) is 119 cm³/mol. The Balaban J connectivity index is 1.99. The van der Waals surface area contributed by atoms with E-state index in [1.807, 2.05) is 30.3 Å². The maximum absolute atomic E-state index is 13.4. The van der Waals surface area contributed by atoms with E-state index in [2.05, 4.69) is 6.07 Å². The fourth-order valence-corrected chi connectivity index (χ4v) is 4.33. The lowest BCUT2D eigenvalue weighted by molar-refractivity contribution is -0.141. The minimum absolute atomic E-state index is 0.171. The number of carbonyl (C=O) groups excluding carboxylic acids is 1. The first-order chi connectivity index (χ1) is 15.0. The molecule has 0 amide bonds. The molecule has 2 aromatic rings. The number of aromatic nitrogens is 1. The highest BCUT2D eigenvalue weighted by molar-refractivity contribution is 5.71. The van der Waals surface area contributed by atoms with Crippen LogP contribution >= 0.6 is 0 Å². The molecule has 164 valence electrons. The van der Waals surface area contributed by atoms with Gasteiger partial charge in [-0.05, 0) is 55.4 Å². The number of benzene rings is 1. The quantitative estimate of drug-likeness (QED) is 0.451. The molecule has 1 aromatic heterocycles. The number of hydrogen-bond acceptors (Lipinski definition) is 5. The van der Waals surface area contributed by atoms with E-state index >= 15 is 0 Å². The maximum atomic E-state index is 13.4. The van der Waals surface area contributed by atoms with Gasteiger partial charge >= 0.3 is 5.97 Å². The van der Waals surface area contributed by atoms with Crippen LogP contribution in [0.25, 0.3) is 11.1 Å². The highest BCUT2D eigenvalue weighted by Gasteiger charge is 2.23. The Hall–Kier alpha value is -3.07. The normalized spacial score (nSPS) is 14.1. The van der Waals surface area contributed by atoms with E-state index in [1.165, 1.54) is 13.3 Å². The summed E-state index contributed by atoms with van der Waals surface area (Å²) in [5, 5.41) is 9.81. The smallest absolute Gasteiger partial charge is 0.302 e. The predicted octanol–water partition coefficient (Wildman–Crippen LogP) is 4.79. The van der Waals surface area contributed by atoms with Gasteiger partial charge in [-0.15, -0.1) is 0 Å². The molecule has 0 radical (unpaired) electrons. The number of rotatable bonds is 8. The molecule has 1 aromatic carbocycles. The molecule has 0 bridgehead atoms. The van der Waals surface area contributed by atoms with Crippen LogP contribution in [-0.2, 0) is 16.1 Å². The van der Waals surface area contributed by atoms with Gasteiger partial charge in [-0.1, -0.05) is 31.4 Å². The standard InChI is InChI=1S/C25H30N2O4/c1-18(28)31-15-7-6-14-27-24(20-8-4-3-5-9-20)16-22(23(17-26)25(27)29)19-10-12-21(30-2)13-11-19/h10-13,16,20H,3-9,14-15H2,1-2H3. The van der Waals surface area contributed by atoms with Crippen molar-refractivity contribution < 1.29 is 14.3 Å². The van der Waals surface area contributed by atoms with E-state index in [1.54, 1.807) is 11.7 Å². The van der Waals surface area contributed by atoms with Crippen molar-refractivity contribution in [1.29, 1.82) is 5.26 Å². The Morgan fingerprint density at radius 2 is 1.87 bits per heavy atom. The van der Waals surface area contributed by atoms with Crippen LogP contribution in [0.15, 0.2) is 35.1 Å². The van der Waals surface area contributed by atoms with E-state index in [4.69, 9.17) is 9.47 Å². The molecule has 6 heteroatoms. The topological polar surface area (TPSA) is 81.3 Å². The largest absolute Gasteiger partial charge is 0.497 e. The van der Waals surface area contributed by atoms with Gasteiger partial charge in [0.1, 0.15) is 17.4 Å². The summed E-state index contributed by atoms with van der Waals surface area (Å²) in [6.45, 7) is 2.25. The second-order valence-electron chi connectivity index (χ2n) is 8.04. The van der Waals surface area contributed by atoms with Crippen LogP contribution in [0.3, 0.4) is 0 Å². The average Bonchev–Trinajstić information content (AvgIpc) is 2.79. The van der Waals surface area contributed by atoms with Crippen LogP contribution in [0, 0.1) is 11.3 Å². The maximum Gasteiger partial charge on any atom is 0.302 e. The minimum atomic E-state index is -0.296. The van der Waals surface area contributed by atoms with Gasteiger partial charge in [0.05, 0.1) is 13.7 Å². The van der Waals surface area contributed by atoms with Gasteiger partial charge in [0, 0.05) is 24.7 Å². The number of ether oxygens (including phenoxy) is 2. The van der Waals surface area contributed by atoms with Gasteiger partial charge in [0.2, 0.25) is 0 Å². The van der Waals surface area contributed by atoms with Crippen molar-refractivity contribution in [2.45, 2.75) is 64.3 Å². The molecule has 31 heavy (non-hydrogen) atoms. The molecule has 0 aliphatic heterocycles. The van der Waals surface area contributed by atoms with Crippen molar-refractivity contribution in [3.63, 3.8) is 0 Å². The third-order valence-electron chi connectivity index (χ3n) is 5.95. The van der Waals surface area contributed by atoms with Crippen LogP contribution in [-0.4, -0.2) is 24.3 Å². The summed E-state index contributed by atoms with van der Waals surface area (Å²) >= 11 is 0. The summed E-state index contributed by atoms with van der Waals surface area (Å²) in [6.07, 6.45) is 7.04. The molecule has 1 fully saturated rings. The summed E-state index contributed by atoms with van der Waals surface area (Å²) in [4.78, 5) is 24.3. The molecule has 1 saturated carbocycles. The number of esters is 1. The molecular formula is C25H30N2O4. The first kappa shape index (κ1) is 22.6. The van der Waals surface area contributed by atoms with E-state index in [9.17, 15) is 14.9 Å². The third kappa shape index (κ3) is 5.55. The summed E-state index contributed by atoms with van der Waals surface area (Å²) in [7, 11) is 1.61. The van der Waals surface area contributed by atoms with Crippen molar-refractivity contribution >= 4 is 5.97 Å². The summed E-state index contributed by atoms with van der Waals surface area (Å²) < 4.78 is 12.0. The van der Waals surface area contributed by atoms with Crippen molar-refractivity contribution in [2.24, 2.45) is 0 Å². The number of methoxy groups -OCH3 is 1. The minimum Gasteiger partial charge on any atom is -0.497 e. The molecule has 0 saturated heterocycles. The Morgan fingerprint density at radius 3 is 2.48 bits per heavy atom. The number of nitrogens with zero attached hydrogens (tertiary/aromatic N) is 2. The molecule has 0 unspecified atom stereocenters. The lowest BCUT2D eigenvalue weighted by Gasteiger charge is -2.26. The zero-order valence-electron chi connectivity index (χ0n) is 18.4. The van der Waals surface area contributed by atoms with Crippen LogP contribution in [0.2, 0.25) is 0 Å². The highest BCUT2D eigenvalue weighted by Crippen LogP contribution is 2.35. The summed E-state index contributed by atoms with van der Waals surface area (Å²) in [5.41, 5.74) is 2.48. The Bertz CT molecular complexity index is 996. The third-order valence-corrected chi connectivity index (χ3v) is 5.95. The lowest BCUT2D eigenvalue weighted by atomic mass is 9.85. The number of pyridine rings is 1. The SMILES string of the molecule is COc1ccc(-c2cc(C3CCCCC3)n(CCCCOC(C)=O)c(=O)c2C#N)cc1. The fraction of sp³-hybridized carbons (Fsp3) is 0.480. The fourth-order valence-electron chi connectivity index (χ4n) is 4.33. The average molecular weight is 423 g/mol. The van der Waals surface area contributed by atoms with Crippen molar-refractivity contribution in [3.8, 4) is 22.9 Å². The van der Waals surface area contributed by atoms with Gasteiger partial charge in [-0.25, -0.2) is 0 Å².